The predicted octanol–water partition coefficient (Wildman–Crippen LogP) is 1.33. The summed E-state index contributed by atoms with van der Waals surface area (Å²) < 4.78 is 3.43. The fraction of sp³-hybridized carbons (Fsp3) is 0.417. The van der Waals surface area contributed by atoms with Gasteiger partial charge in [-0.25, -0.2) is 0 Å². The average molecular weight is 247 g/mol. The molecule has 0 aliphatic rings. The van der Waals surface area contributed by atoms with Crippen LogP contribution in [0.2, 0.25) is 0 Å². The highest BCUT2D eigenvalue weighted by Crippen LogP contribution is 2.19. The lowest BCUT2D eigenvalue weighted by atomic mass is 10.2. The molecule has 0 saturated carbocycles. The predicted molar refractivity (Wildman–Crippen MR) is 68.6 cm³/mol. The molecule has 2 aromatic rings. The molecule has 6 heteroatoms. The molecular weight excluding hydrogens is 230 g/mol. The van der Waals surface area contributed by atoms with E-state index in [1.54, 1.807) is 15.6 Å². The van der Waals surface area contributed by atoms with Crippen molar-refractivity contribution in [2.24, 2.45) is 14.1 Å². The first-order valence-electron chi connectivity index (χ1n) is 5.72. The van der Waals surface area contributed by atoms with Crippen LogP contribution in [-0.4, -0.2) is 25.5 Å². The zero-order chi connectivity index (χ0) is 13.4. The van der Waals surface area contributed by atoms with Gasteiger partial charge in [0.1, 0.15) is 0 Å². The van der Waals surface area contributed by atoms with Crippen LogP contribution in [0.25, 0.3) is 0 Å². The van der Waals surface area contributed by atoms with E-state index in [4.69, 9.17) is 0 Å². The Labute approximate surface area is 106 Å². The SMILES string of the molecule is Cc1nn(C)c(C)c1NC(=O)c1cnn(C)c1C. The normalized spacial score (nSPS) is 10.7. The zero-order valence-corrected chi connectivity index (χ0v) is 11.3. The Balaban J connectivity index is 2.30. The number of aromatic nitrogens is 4. The minimum absolute atomic E-state index is 0.153. The number of carbonyl (C=O) groups excluding carboxylic acids is 1. The van der Waals surface area contributed by atoms with E-state index in [0.29, 0.717) is 5.56 Å². The summed E-state index contributed by atoms with van der Waals surface area (Å²) in [5.74, 6) is -0.153. The summed E-state index contributed by atoms with van der Waals surface area (Å²) in [5, 5.41) is 11.2. The van der Waals surface area contributed by atoms with Crippen LogP contribution in [-0.2, 0) is 14.1 Å². The van der Waals surface area contributed by atoms with Gasteiger partial charge in [0, 0.05) is 19.8 Å². The molecule has 2 heterocycles. The second-order valence-electron chi connectivity index (χ2n) is 4.39. The number of hydrogen-bond donors (Lipinski definition) is 1. The third kappa shape index (κ3) is 1.90. The number of hydrogen-bond acceptors (Lipinski definition) is 3. The first-order chi connectivity index (χ1) is 8.41. The van der Waals surface area contributed by atoms with E-state index in [-0.39, 0.29) is 5.91 Å². The molecule has 96 valence electrons. The van der Waals surface area contributed by atoms with E-state index >= 15 is 0 Å². The smallest absolute Gasteiger partial charge is 0.259 e. The number of nitrogens with one attached hydrogen (secondary N) is 1. The van der Waals surface area contributed by atoms with Gasteiger partial charge in [-0.05, 0) is 20.8 Å². The van der Waals surface area contributed by atoms with Crippen molar-refractivity contribution in [3.63, 3.8) is 0 Å². The largest absolute Gasteiger partial charge is 0.319 e. The van der Waals surface area contributed by atoms with Crippen molar-refractivity contribution in [1.29, 1.82) is 0 Å². The van der Waals surface area contributed by atoms with Gasteiger partial charge in [0.15, 0.2) is 0 Å². The van der Waals surface area contributed by atoms with Gasteiger partial charge in [0.05, 0.1) is 28.8 Å². The third-order valence-corrected chi connectivity index (χ3v) is 3.23. The maximum Gasteiger partial charge on any atom is 0.259 e. The first kappa shape index (κ1) is 12.3. The van der Waals surface area contributed by atoms with Crippen molar-refractivity contribution in [2.45, 2.75) is 20.8 Å². The molecule has 1 N–H and O–H groups in total. The van der Waals surface area contributed by atoms with Crippen LogP contribution < -0.4 is 5.32 Å². The van der Waals surface area contributed by atoms with Crippen LogP contribution in [0.5, 0.6) is 0 Å². The minimum atomic E-state index is -0.153. The number of carbonyl (C=O) groups is 1. The van der Waals surface area contributed by atoms with Gasteiger partial charge in [0.25, 0.3) is 5.91 Å². The minimum Gasteiger partial charge on any atom is -0.319 e. The summed E-state index contributed by atoms with van der Waals surface area (Å²) in [4.78, 5) is 12.2. The number of nitrogens with zero attached hydrogens (tertiary/aromatic N) is 4. The lowest BCUT2D eigenvalue weighted by Crippen LogP contribution is -2.14. The molecule has 0 atom stereocenters. The molecule has 0 saturated heterocycles. The molecular formula is C12H17N5O. The molecule has 0 aliphatic heterocycles. The first-order valence-corrected chi connectivity index (χ1v) is 5.72. The van der Waals surface area contributed by atoms with Crippen molar-refractivity contribution in [3.05, 3.63) is 28.8 Å². The summed E-state index contributed by atoms with van der Waals surface area (Å²) in [6.07, 6.45) is 1.58. The van der Waals surface area contributed by atoms with E-state index < -0.39 is 0 Å². The van der Waals surface area contributed by atoms with Crippen molar-refractivity contribution >= 4 is 11.6 Å². The summed E-state index contributed by atoms with van der Waals surface area (Å²) in [5.41, 5.74) is 3.94. The fourth-order valence-corrected chi connectivity index (χ4v) is 1.86. The Morgan fingerprint density at radius 2 is 1.83 bits per heavy atom. The van der Waals surface area contributed by atoms with Crippen LogP contribution in [0.15, 0.2) is 6.20 Å². The van der Waals surface area contributed by atoms with Gasteiger partial charge in [-0.2, -0.15) is 10.2 Å². The highest BCUT2D eigenvalue weighted by Gasteiger charge is 2.17. The molecule has 1 amide bonds. The number of aryl methyl sites for hydroxylation is 3. The Morgan fingerprint density at radius 1 is 1.17 bits per heavy atom. The second kappa shape index (κ2) is 4.29. The molecule has 2 aromatic heterocycles. The summed E-state index contributed by atoms with van der Waals surface area (Å²) in [6, 6.07) is 0. The monoisotopic (exact) mass is 247 g/mol. The lowest BCUT2D eigenvalue weighted by molar-refractivity contribution is 0.102. The van der Waals surface area contributed by atoms with E-state index in [0.717, 1.165) is 22.8 Å². The van der Waals surface area contributed by atoms with Gasteiger partial charge >= 0.3 is 0 Å². The van der Waals surface area contributed by atoms with E-state index in [9.17, 15) is 4.79 Å². The highest BCUT2D eigenvalue weighted by molar-refractivity contribution is 6.05. The van der Waals surface area contributed by atoms with Gasteiger partial charge in [-0.3, -0.25) is 14.2 Å². The zero-order valence-electron chi connectivity index (χ0n) is 11.3. The topological polar surface area (TPSA) is 64.7 Å². The van der Waals surface area contributed by atoms with Crippen LogP contribution in [0.3, 0.4) is 0 Å². The maximum absolute atomic E-state index is 12.2. The molecule has 2 rings (SSSR count). The average Bonchev–Trinajstić information content (AvgIpc) is 2.75. The Bertz CT molecular complexity index is 608. The molecule has 0 bridgehead atoms. The van der Waals surface area contributed by atoms with E-state index in [2.05, 4.69) is 15.5 Å². The summed E-state index contributed by atoms with van der Waals surface area (Å²) in [7, 11) is 3.67. The molecule has 18 heavy (non-hydrogen) atoms. The number of amides is 1. The van der Waals surface area contributed by atoms with Crippen molar-refractivity contribution in [3.8, 4) is 0 Å². The van der Waals surface area contributed by atoms with Gasteiger partial charge in [0.2, 0.25) is 0 Å². The standard InChI is InChI=1S/C12H17N5O/c1-7-11(9(3)17(5)15-7)14-12(18)10-6-13-16(4)8(10)2/h6H,1-5H3,(H,14,18). The molecule has 0 spiro atoms. The molecule has 0 radical (unpaired) electrons. The third-order valence-electron chi connectivity index (χ3n) is 3.23. The molecule has 0 fully saturated rings. The van der Waals surface area contributed by atoms with Crippen molar-refractivity contribution in [2.75, 3.05) is 5.32 Å². The van der Waals surface area contributed by atoms with Crippen LogP contribution in [0, 0.1) is 20.8 Å². The Morgan fingerprint density at radius 3 is 2.28 bits per heavy atom. The van der Waals surface area contributed by atoms with E-state index in [1.807, 2.05) is 34.9 Å². The summed E-state index contributed by atoms with van der Waals surface area (Å²) >= 11 is 0. The van der Waals surface area contributed by atoms with Gasteiger partial charge in [-0.15, -0.1) is 0 Å². The van der Waals surface area contributed by atoms with Crippen molar-refractivity contribution < 1.29 is 4.79 Å². The Hall–Kier alpha value is -2.11. The second-order valence-corrected chi connectivity index (χ2v) is 4.39. The fourth-order valence-electron chi connectivity index (χ4n) is 1.86. The van der Waals surface area contributed by atoms with Gasteiger partial charge in [-0.1, -0.05) is 0 Å². The molecule has 6 nitrogen and oxygen atoms in total. The number of rotatable bonds is 2. The lowest BCUT2D eigenvalue weighted by Gasteiger charge is -2.05. The molecule has 0 aliphatic carbocycles. The van der Waals surface area contributed by atoms with Crippen LogP contribution in [0.1, 0.15) is 27.4 Å². The number of anilines is 1. The Kier molecular flexibility index (Phi) is 2.94. The maximum atomic E-state index is 12.2. The quantitative estimate of drug-likeness (QED) is 0.870. The van der Waals surface area contributed by atoms with Crippen LogP contribution in [0.4, 0.5) is 5.69 Å². The van der Waals surface area contributed by atoms with E-state index in [1.165, 1.54) is 0 Å². The van der Waals surface area contributed by atoms with Gasteiger partial charge < -0.3 is 5.32 Å². The van der Waals surface area contributed by atoms with Crippen molar-refractivity contribution in [1.82, 2.24) is 19.6 Å². The summed E-state index contributed by atoms with van der Waals surface area (Å²) in [6.45, 7) is 5.66. The van der Waals surface area contributed by atoms with Crippen LogP contribution >= 0.6 is 0 Å². The highest BCUT2D eigenvalue weighted by atomic mass is 16.1. The molecule has 0 unspecified atom stereocenters. The molecule has 0 aromatic carbocycles.